The van der Waals surface area contributed by atoms with Crippen molar-refractivity contribution in [3.63, 3.8) is 0 Å². The van der Waals surface area contributed by atoms with Crippen molar-refractivity contribution in [1.82, 2.24) is 10.1 Å². The predicted molar refractivity (Wildman–Crippen MR) is 48.5 cm³/mol. The Kier molecular flexibility index (Phi) is 2.34. The standard InChI is InChI=1S/C8H3ClF3N3O/c9-7-13-5-2-1-4(8(10,11)12)3-6(5)15(16)14-7/h1-3H. The molecule has 1 aromatic heterocycles. The molecule has 1 aromatic carbocycles. The summed E-state index contributed by atoms with van der Waals surface area (Å²) < 4.78 is 37.0. The van der Waals surface area contributed by atoms with E-state index in [1.54, 1.807) is 0 Å². The minimum atomic E-state index is -4.51. The van der Waals surface area contributed by atoms with E-state index in [1.807, 2.05) is 0 Å². The Bertz CT molecular complexity index is 558. The van der Waals surface area contributed by atoms with Crippen LogP contribution in [0.3, 0.4) is 0 Å². The predicted octanol–water partition coefficient (Wildman–Crippen LogP) is 1.94. The van der Waals surface area contributed by atoms with E-state index in [0.29, 0.717) is 6.07 Å². The lowest BCUT2D eigenvalue weighted by atomic mass is 10.2. The van der Waals surface area contributed by atoms with Crippen LogP contribution in [0.2, 0.25) is 5.28 Å². The second kappa shape index (κ2) is 3.44. The van der Waals surface area contributed by atoms with E-state index >= 15 is 0 Å². The summed E-state index contributed by atoms with van der Waals surface area (Å²) in [6, 6.07) is 2.57. The van der Waals surface area contributed by atoms with Crippen LogP contribution in [0.5, 0.6) is 0 Å². The second-order valence-electron chi connectivity index (χ2n) is 2.96. The van der Waals surface area contributed by atoms with Crippen molar-refractivity contribution in [1.29, 1.82) is 0 Å². The quantitative estimate of drug-likeness (QED) is 0.530. The number of hydrogen-bond acceptors (Lipinski definition) is 3. The van der Waals surface area contributed by atoms with E-state index in [-0.39, 0.29) is 21.2 Å². The largest absolute Gasteiger partial charge is 0.594 e. The lowest BCUT2D eigenvalue weighted by molar-refractivity contribution is -0.643. The molecule has 0 radical (unpaired) electrons. The lowest BCUT2D eigenvalue weighted by Crippen LogP contribution is -2.32. The third kappa shape index (κ3) is 1.85. The van der Waals surface area contributed by atoms with Gasteiger partial charge in [0.1, 0.15) is 5.52 Å². The van der Waals surface area contributed by atoms with Crippen LogP contribution in [0.1, 0.15) is 5.56 Å². The molecule has 0 fully saturated rings. The summed E-state index contributed by atoms with van der Waals surface area (Å²) in [5.74, 6) is 0. The summed E-state index contributed by atoms with van der Waals surface area (Å²) in [4.78, 5) is 3.64. The summed E-state index contributed by atoms with van der Waals surface area (Å²) in [6.07, 6.45) is -4.51. The van der Waals surface area contributed by atoms with E-state index in [9.17, 15) is 18.4 Å². The van der Waals surface area contributed by atoms with Crippen LogP contribution >= 0.6 is 11.6 Å². The maximum Gasteiger partial charge on any atom is 0.416 e. The Hall–Kier alpha value is -1.63. The first-order chi connectivity index (χ1) is 7.38. The second-order valence-corrected chi connectivity index (χ2v) is 3.29. The highest BCUT2D eigenvalue weighted by atomic mass is 35.5. The van der Waals surface area contributed by atoms with Gasteiger partial charge in [-0.2, -0.15) is 13.2 Å². The monoisotopic (exact) mass is 249 g/mol. The average molecular weight is 250 g/mol. The highest BCUT2D eigenvalue weighted by Gasteiger charge is 2.31. The smallest absolute Gasteiger partial charge is 0.416 e. The highest BCUT2D eigenvalue weighted by Crippen LogP contribution is 2.30. The van der Waals surface area contributed by atoms with Gasteiger partial charge in [0.05, 0.1) is 5.56 Å². The van der Waals surface area contributed by atoms with Gasteiger partial charge in [0, 0.05) is 11.2 Å². The zero-order valence-electron chi connectivity index (χ0n) is 7.49. The molecule has 0 saturated carbocycles. The first-order valence-electron chi connectivity index (χ1n) is 4.02. The highest BCUT2D eigenvalue weighted by molar-refractivity contribution is 6.28. The SMILES string of the molecule is [O-][n+]1nc(Cl)nc2ccc(C(F)(F)F)cc21. The van der Waals surface area contributed by atoms with Crippen LogP contribution in [-0.2, 0) is 6.18 Å². The Morgan fingerprint density at radius 3 is 2.62 bits per heavy atom. The molecule has 2 rings (SSSR count). The van der Waals surface area contributed by atoms with Gasteiger partial charge < -0.3 is 5.21 Å². The minimum absolute atomic E-state index is 0.0138. The number of aromatic nitrogens is 3. The zero-order valence-corrected chi connectivity index (χ0v) is 8.25. The third-order valence-electron chi connectivity index (χ3n) is 1.89. The molecule has 0 bridgehead atoms. The fourth-order valence-electron chi connectivity index (χ4n) is 1.20. The molecule has 4 nitrogen and oxygen atoms in total. The molecule has 0 spiro atoms. The molecule has 0 N–H and O–H groups in total. The molecule has 0 aliphatic carbocycles. The van der Waals surface area contributed by atoms with Crippen LogP contribution in [0, 0.1) is 5.21 Å². The molecule has 0 aliphatic rings. The van der Waals surface area contributed by atoms with E-state index in [4.69, 9.17) is 11.6 Å². The molecule has 2 aromatic rings. The number of fused-ring (bicyclic) bond motifs is 1. The van der Waals surface area contributed by atoms with Crippen LogP contribution < -0.4 is 4.85 Å². The Labute approximate surface area is 91.9 Å². The summed E-state index contributed by atoms with van der Waals surface area (Å²) in [6.45, 7) is 0. The minimum Gasteiger partial charge on any atom is -0.594 e. The molecule has 0 saturated heterocycles. The number of alkyl halides is 3. The van der Waals surface area contributed by atoms with Crippen molar-refractivity contribution in [2.24, 2.45) is 0 Å². The molecule has 8 heteroatoms. The molecule has 84 valence electrons. The van der Waals surface area contributed by atoms with Crippen molar-refractivity contribution in [3.8, 4) is 0 Å². The third-order valence-corrected chi connectivity index (χ3v) is 2.05. The van der Waals surface area contributed by atoms with Crippen LogP contribution in [0.25, 0.3) is 11.0 Å². The Balaban J connectivity index is 2.72. The summed E-state index contributed by atoms with van der Waals surface area (Å²) in [5, 5.41) is 14.0. The first kappa shape index (κ1) is 10.9. The van der Waals surface area contributed by atoms with Gasteiger partial charge in [0.2, 0.25) is 0 Å². The summed E-state index contributed by atoms with van der Waals surface area (Å²) in [7, 11) is 0. The summed E-state index contributed by atoms with van der Waals surface area (Å²) in [5.41, 5.74) is -1.15. The van der Waals surface area contributed by atoms with Crippen molar-refractivity contribution >= 4 is 22.6 Å². The Morgan fingerprint density at radius 1 is 1.31 bits per heavy atom. The number of nitrogens with zero attached hydrogens (tertiary/aromatic N) is 3. The molecule has 0 aliphatic heterocycles. The van der Waals surface area contributed by atoms with Crippen LogP contribution in [0.15, 0.2) is 18.2 Å². The molecular weight excluding hydrogens is 247 g/mol. The molecule has 0 atom stereocenters. The first-order valence-corrected chi connectivity index (χ1v) is 4.40. The van der Waals surface area contributed by atoms with Crippen LogP contribution in [-0.4, -0.2) is 10.1 Å². The van der Waals surface area contributed by atoms with Crippen molar-refractivity contribution in [2.75, 3.05) is 0 Å². The number of hydrogen-bond donors (Lipinski definition) is 0. The number of benzene rings is 1. The zero-order chi connectivity index (χ0) is 11.9. The maximum atomic E-state index is 12.3. The number of halogens is 4. The van der Waals surface area contributed by atoms with E-state index in [1.165, 1.54) is 0 Å². The Morgan fingerprint density at radius 2 is 2.00 bits per heavy atom. The van der Waals surface area contributed by atoms with Crippen molar-refractivity contribution in [3.05, 3.63) is 34.3 Å². The lowest BCUT2D eigenvalue weighted by Gasteiger charge is -2.06. The fourth-order valence-corrected chi connectivity index (χ4v) is 1.36. The van der Waals surface area contributed by atoms with Gasteiger partial charge >= 0.3 is 6.18 Å². The van der Waals surface area contributed by atoms with Gasteiger partial charge in [-0.05, 0) is 28.6 Å². The fraction of sp³-hybridized carbons (Fsp3) is 0.125. The average Bonchev–Trinajstić information content (AvgIpc) is 2.15. The van der Waals surface area contributed by atoms with Gasteiger partial charge in [0.25, 0.3) is 10.8 Å². The molecular formula is C8H3ClF3N3O. The maximum absolute atomic E-state index is 12.3. The van der Waals surface area contributed by atoms with E-state index in [2.05, 4.69) is 10.1 Å². The molecule has 0 unspecified atom stereocenters. The van der Waals surface area contributed by atoms with Crippen molar-refractivity contribution < 1.29 is 18.0 Å². The topological polar surface area (TPSA) is 52.7 Å². The van der Waals surface area contributed by atoms with Gasteiger partial charge in [-0.15, -0.1) is 0 Å². The normalized spacial score (nSPS) is 12.0. The number of rotatable bonds is 0. The van der Waals surface area contributed by atoms with Gasteiger partial charge in [0.15, 0.2) is 0 Å². The summed E-state index contributed by atoms with van der Waals surface area (Å²) >= 11 is 5.39. The van der Waals surface area contributed by atoms with E-state index in [0.717, 1.165) is 12.1 Å². The molecule has 16 heavy (non-hydrogen) atoms. The van der Waals surface area contributed by atoms with Crippen molar-refractivity contribution in [2.45, 2.75) is 6.18 Å². The van der Waals surface area contributed by atoms with E-state index < -0.39 is 11.7 Å². The molecule has 1 heterocycles. The van der Waals surface area contributed by atoms with Gasteiger partial charge in [-0.3, -0.25) is 0 Å². The van der Waals surface area contributed by atoms with Gasteiger partial charge in [-0.25, -0.2) is 4.98 Å². The van der Waals surface area contributed by atoms with Gasteiger partial charge in [-0.1, -0.05) is 0 Å². The van der Waals surface area contributed by atoms with Crippen LogP contribution in [0.4, 0.5) is 13.2 Å². The molecule has 0 amide bonds.